The molecular weight excluding hydrogens is 314 g/mol. The van der Waals surface area contributed by atoms with Gasteiger partial charge in [-0.15, -0.1) is 0 Å². The monoisotopic (exact) mass is 331 g/mol. The van der Waals surface area contributed by atoms with Crippen LogP contribution in [0.4, 0.5) is 11.4 Å². The highest BCUT2D eigenvalue weighted by molar-refractivity contribution is 6.33. The predicted octanol–water partition coefficient (Wildman–Crippen LogP) is 2.29. The van der Waals surface area contributed by atoms with E-state index < -0.39 is 0 Å². The molecule has 0 heterocycles. The Morgan fingerprint density at radius 2 is 1.61 bits per heavy atom. The van der Waals surface area contributed by atoms with Crippen LogP contribution in [0.25, 0.3) is 0 Å². The highest BCUT2D eigenvalue weighted by Crippen LogP contribution is 2.24. The summed E-state index contributed by atoms with van der Waals surface area (Å²) in [4.78, 5) is 27.4. The van der Waals surface area contributed by atoms with Crippen molar-refractivity contribution in [2.75, 3.05) is 29.9 Å². The number of carbonyl (C=O) groups is 2. The van der Waals surface area contributed by atoms with Crippen LogP contribution in [0.5, 0.6) is 0 Å². The zero-order chi connectivity index (χ0) is 16.8. The predicted molar refractivity (Wildman–Crippen MR) is 92.7 cm³/mol. The van der Waals surface area contributed by atoms with E-state index in [1.807, 2.05) is 6.07 Å². The number of nitrogens with two attached hydrogens (primary N) is 1. The molecule has 2 rings (SSSR count). The summed E-state index contributed by atoms with van der Waals surface area (Å²) in [6.07, 6.45) is 0. The lowest BCUT2D eigenvalue weighted by Gasteiger charge is -2.25. The van der Waals surface area contributed by atoms with E-state index in [0.717, 1.165) is 0 Å². The first-order valence-corrected chi connectivity index (χ1v) is 7.49. The fourth-order valence-corrected chi connectivity index (χ4v) is 2.40. The molecule has 120 valence electrons. The summed E-state index contributed by atoms with van der Waals surface area (Å²) < 4.78 is 0. The highest BCUT2D eigenvalue weighted by atomic mass is 35.5. The summed E-state index contributed by atoms with van der Waals surface area (Å²) in [5, 5.41) is 0.472. The molecule has 0 radical (unpaired) electrons. The number of hydrogen-bond donors (Lipinski definition) is 1. The molecule has 6 heteroatoms. The van der Waals surface area contributed by atoms with Gasteiger partial charge >= 0.3 is 0 Å². The van der Waals surface area contributed by atoms with Gasteiger partial charge in [-0.25, -0.2) is 0 Å². The number of anilines is 2. The number of likely N-dealkylation sites (N-methyl/N-ethyl adjacent to an activating group) is 1. The summed E-state index contributed by atoms with van der Waals surface area (Å²) in [6, 6.07) is 16.0. The molecule has 0 aliphatic rings. The second kappa shape index (κ2) is 7.76. The molecule has 2 N–H and O–H groups in total. The summed E-state index contributed by atoms with van der Waals surface area (Å²) in [5.41, 5.74) is 6.68. The SMILES string of the molecule is CN(C(=O)CN(C(=O)CN)c1ccccc1)c1ccccc1Cl. The van der Waals surface area contributed by atoms with Crippen LogP contribution in [-0.2, 0) is 9.59 Å². The lowest BCUT2D eigenvalue weighted by atomic mass is 10.2. The Morgan fingerprint density at radius 1 is 1.00 bits per heavy atom. The summed E-state index contributed by atoms with van der Waals surface area (Å²) in [5.74, 6) is -0.583. The van der Waals surface area contributed by atoms with Crippen LogP contribution in [0.15, 0.2) is 54.6 Å². The molecule has 0 aliphatic heterocycles. The van der Waals surface area contributed by atoms with Crippen molar-refractivity contribution in [3.8, 4) is 0 Å². The third-order valence-corrected chi connectivity index (χ3v) is 3.74. The van der Waals surface area contributed by atoms with Crippen molar-refractivity contribution < 1.29 is 9.59 Å². The van der Waals surface area contributed by atoms with E-state index in [2.05, 4.69) is 0 Å². The average Bonchev–Trinajstić information content (AvgIpc) is 2.59. The Balaban J connectivity index is 2.21. The van der Waals surface area contributed by atoms with E-state index in [4.69, 9.17) is 17.3 Å². The minimum atomic E-state index is -0.322. The third-order valence-electron chi connectivity index (χ3n) is 3.42. The van der Waals surface area contributed by atoms with Gasteiger partial charge in [-0.05, 0) is 24.3 Å². The molecule has 0 saturated carbocycles. The van der Waals surface area contributed by atoms with Gasteiger partial charge < -0.3 is 15.5 Å². The molecule has 0 atom stereocenters. The molecule has 5 nitrogen and oxygen atoms in total. The Labute approximate surface area is 140 Å². The van der Waals surface area contributed by atoms with Crippen molar-refractivity contribution in [1.82, 2.24) is 0 Å². The molecule has 0 unspecified atom stereocenters. The smallest absolute Gasteiger partial charge is 0.246 e. The fraction of sp³-hybridized carbons (Fsp3) is 0.176. The van der Waals surface area contributed by atoms with Gasteiger partial charge in [0.25, 0.3) is 0 Å². The molecule has 0 fully saturated rings. The molecule has 0 aliphatic carbocycles. The van der Waals surface area contributed by atoms with E-state index in [9.17, 15) is 9.59 Å². The standard InChI is InChI=1S/C17H18ClN3O2/c1-20(15-10-6-5-9-14(15)18)17(23)12-21(16(22)11-19)13-7-3-2-4-8-13/h2-10H,11-12,19H2,1H3. The van der Waals surface area contributed by atoms with E-state index in [1.54, 1.807) is 55.6 Å². The maximum absolute atomic E-state index is 12.5. The number of amides is 2. The first-order chi connectivity index (χ1) is 11.0. The maximum Gasteiger partial charge on any atom is 0.246 e. The number of carbonyl (C=O) groups excluding carboxylic acids is 2. The Bertz CT molecular complexity index is 691. The normalized spacial score (nSPS) is 10.2. The summed E-state index contributed by atoms with van der Waals surface area (Å²) in [7, 11) is 1.62. The number of hydrogen-bond acceptors (Lipinski definition) is 3. The molecule has 0 aromatic heterocycles. The molecule has 23 heavy (non-hydrogen) atoms. The van der Waals surface area contributed by atoms with Crippen molar-refractivity contribution in [3.63, 3.8) is 0 Å². The van der Waals surface area contributed by atoms with Crippen LogP contribution in [0.2, 0.25) is 5.02 Å². The Morgan fingerprint density at radius 3 is 2.22 bits per heavy atom. The Kier molecular flexibility index (Phi) is 5.73. The lowest BCUT2D eigenvalue weighted by molar-refractivity contribution is -0.121. The van der Waals surface area contributed by atoms with Gasteiger partial charge in [-0.2, -0.15) is 0 Å². The van der Waals surface area contributed by atoms with Crippen molar-refractivity contribution in [3.05, 3.63) is 59.6 Å². The largest absolute Gasteiger partial charge is 0.322 e. The van der Waals surface area contributed by atoms with Crippen LogP contribution < -0.4 is 15.5 Å². The second-order valence-corrected chi connectivity index (χ2v) is 5.33. The fourth-order valence-electron chi connectivity index (χ4n) is 2.14. The number of halogens is 1. The van der Waals surface area contributed by atoms with Crippen LogP contribution in [-0.4, -0.2) is 32.0 Å². The van der Waals surface area contributed by atoms with Crippen LogP contribution >= 0.6 is 11.6 Å². The molecule has 2 amide bonds. The number of nitrogens with zero attached hydrogens (tertiary/aromatic N) is 2. The topological polar surface area (TPSA) is 66.6 Å². The van der Waals surface area contributed by atoms with Gasteiger partial charge in [0.2, 0.25) is 11.8 Å². The van der Waals surface area contributed by atoms with Gasteiger partial charge in [0.1, 0.15) is 6.54 Å². The first kappa shape index (κ1) is 17.0. The van der Waals surface area contributed by atoms with Gasteiger partial charge in [0.05, 0.1) is 17.3 Å². The molecule has 2 aromatic rings. The summed E-state index contributed by atoms with van der Waals surface area (Å²) in [6.45, 7) is -0.278. The number of para-hydroxylation sites is 2. The van der Waals surface area contributed by atoms with Crippen LogP contribution in [0.1, 0.15) is 0 Å². The van der Waals surface area contributed by atoms with Crippen LogP contribution in [0.3, 0.4) is 0 Å². The molecular formula is C17H18ClN3O2. The first-order valence-electron chi connectivity index (χ1n) is 7.11. The Hall–Kier alpha value is -2.37. The van der Waals surface area contributed by atoms with Gasteiger partial charge in [0, 0.05) is 12.7 Å². The number of rotatable bonds is 5. The lowest BCUT2D eigenvalue weighted by Crippen LogP contribution is -2.44. The maximum atomic E-state index is 12.5. The molecule has 0 bridgehead atoms. The average molecular weight is 332 g/mol. The zero-order valence-corrected chi connectivity index (χ0v) is 13.5. The van der Waals surface area contributed by atoms with Crippen molar-refractivity contribution in [2.24, 2.45) is 5.73 Å². The third kappa shape index (κ3) is 4.09. The van der Waals surface area contributed by atoms with Crippen molar-refractivity contribution in [1.29, 1.82) is 0 Å². The van der Waals surface area contributed by atoms with E-state index in [0.29, 0.717) is 16.4 Å². The van der Waals surface area contributed by atoms with E-state index >= 15 is 0 Å². The highest BCUT2D eigenvalue weighted by Gasteiger charge is 2.21. The van der Waals surface area contributed by atoms with Gasteiger partial charge in [0.15, 0.2) is 0 Å². The summed E-state index contributed by atoms with van der Waals surface area (Å²) >= 11 is 6.11. The zero-order valence-electron chi connectivity index (χ0n) is 12.8. The minimum absolute atomic E-state index is 0.109. The molecule has 0 saturated heterocycles. The van der Waals surface area contributed by atoms with Gasteiger partial charge in [-0.3, -0.25) is 9.59 Å². The second-order valence-electron chi connectivity index (χ2n) is 4.92. The molecule has 0 spiro atoms. The van der Waals surface area contributed by atoms with E-state index in [1.165, 1.54) is 9.80 Å². The van der Waals surface area contributed by atoms with Crippen LogP contribution in [0, 0.1) is 0 Å². The van der Waals surface area contributed by atoms with Crippen molar-refractivity contribution in [2.45, 2.75) is 0 Å². The van der Waals surface area contributed by atoms with E-state index in [-0.39, 0.29) is 24.9 Å². The quantitative estimate of drug-likeness (QED) is 0.914. The van der Waals surface area contributed by atoms with Gasteiger partial charge in [-0.1, -0.05) is 41.9 Å². The minimum Gasteiger partial charge on any atom is -0.322 e. The molecule has 2 aromatic carbocycles. The van der Waals surface area contributed by atoms with Crippen molar-refractivity contribution >= 4 is 34.8 Å². The number of benzene rings is 2.